The molecule has 3 nitrogen and oxygen atoms in total. The number of hydrazone groups is 1. The lowest BCUT2D eigenvalue weighted by molar-refractivity contribution is 1.01. The summed E-state index contributed by atoms with van der Waals surface area (Å²) in [7, 11) is 0. The van der Waals surface area contributed by atoms with Crippen LogP contribution in [0.25, 0.3) is 0 Å². The molecule has 0 aliphatic carbocycles. The Morgan fingerprint density at radius 2 is 2.23 bits per heavy atom. The summed E-state index contributed by atoms with van der Waals surface area (Å²) in [6.45, 7) is 2.07. The topological polar surface area (TPSA) is 64.4 Å². The summed E-state index contributed by atoms with van der Waals surface area (Å²) in [6.07, 6.45) is 1.62. The van der Waals surface area contributed by atoms with Gasteiger partial charge in [-0.15, -0.1) is 0 Å². The first kappa shape index (κ1) is 9.58. The predicted octanol–water partition coefficient (Wildman–Crippen LogP) is 1.16. The van der Waals surface area contributed by atoms with Gasteiger partial charge in [-0.3, -0.25) is 0 Å². The van der Waals surface area contributed by atoms with Crippen molar-refractivity contribution in [3.05, 3.63) is 35.4 Å². The molecule has 4 N–H and O–H groups in total. The molecular weight excluding hydrogens is 162 g/mol. The third-order valence-electron chi connectivity index (χ3n) is 1.92. The van der Waals surface area contributed by atoms with Crippen molar-refractivity contribution in [3.63, 3.8) is 0 Å². The molecule has 0 fully saturated rings. The molecule has 1 aromatic carbocycles. The number of hydrogen-bond acceptors (Lipinski definition) is 2. The number of benzene rings is 1. The fourth-order valence-electron chi connectivity index (χ4n) is 1.20. The van der Waals surface area contributed by atoms with Crippen LogP contribution in [0, 0.1) is 6.92 Å². The first-order valence-electron chi connectivity index (χ1n) is 4.30. The van der Waals surface area contributed by atoms with E-state index in [9.17, 15) is 0 Å². The van der Waals surface area contributed by atoms with E-state index in [1.54, 1.807) is 0 Å². The van der Waals surface area contributed by atoms with Crippen molar-refractivity contribution >= 4 is 5.84 Å². The largest absolute Gasteiger partial charge is 0.386 e. The van der Waals surface area contributed by atoms with E-state index < -0.39 is 0 Å². The molecule has 1 aromatic rings. The number of nitrogens with zero attached hydrogens (tertiary/aromatic N) is 1. The summed E-state index contributed by atoms with van der Waals surface area (Å²) in [5.41, 5.74) is 8.02. The molecule has 3 heteroatoms. The van der Waals surface area contributed by atoms with Gasteiger partial charge in [0, 0.05) is 6.42 Å². The third kappa shape index (κ3) is 3.15. The average molecular weight is 177 g/mol. The minimum Gasteiger partial charge on any atom is -0.386 e. The highest BCUT2D eigenvalue weighted by Crippen LogP contribution is 2.06. The second kappa shape index (κ2) is 4.50. The van der Waals surface area contributed by atoms with Crippen molar-refractivity contribution in [2.75, 3.05) is 0 Å². The molecule has 0 aromatic heterocycles. The molecule has 0 heterocycles. The van der Waals surface area contributed by atoms with Crippen LogP contribution in [0.4, 0.5) is 0 Å². The Kier molecular flexibility index (Phi) is 3.31. The molecule has 70 valence electrons. The Hall–Kier alpha value is -1.51. The lowest BCUT2D eigenvalue weighted by atomic mass is 10.1. The first-order chi connectivity index (χ1) is 6.22. The van der Waals surface area contributed by atoms with Crippen LogP contribution < -0.4 is 11.6 Å². The Balaban J connectivity index is 2.55. The van der Waals surface area contributed by atoms with Crippen LogP contribution in [0.1, 0.15) is 17.5 Å². The van der Waals surface area contributed by atoms with Crippen LogP contribution in [-0.2, 0) is 6.42 Å². The van der Waals surface area contributed by atoms with E-state index in [2.05, 4.69) is 30.2 Å². The van der Waals surface area contributed by atoms with Crippen LogP contribution in [0.15, 0.2) is 29.4 Å². The number of amidine groups is 1. The Morgan fingerprint density at radius 3 is 2.85 bits per heavy atom. The van der Waals surface area contributed by atoms with E-state index in [0.717, 1.165) is 12.8 Å². The summed E-state index contributed by atoms with van der Waals surface area (Å²) in [6, 6.07) is 8.34. The molecule has 1 rings (SSSR count). The summed E-state index contributed by atoms with van der Waals surface area (Å²) in [4.78, 5) is 0. The smallest absolute Gasteiger partial charge is 0.119 e. The molecule has 0 aliphatic heterocycles. The van der Waals surface area contributed by atoms with E-state index in [4.69, 9.17) is 11.6 Å². The minimum atomic E-state index is 0.501. The van der Waals surface area contributed by atoms with Gasteiger partial charge in [0.05, 0.1) is 0 Å². The standard InChI is InChI=1S/C10H15N3/c1-8-3-2-4-9(7-8)5-6-10(11)13-12/h2-4,7H,5-6,12H2,1H3,(H2,11,13). The van der Waals surface area contributed by atoms with Crippen molar-refractivity contribution < 1.29 is 0 Å². The van der Waals surface area contributed by atoms with Crippen molar-refractivity contribution in [1.82, 2.24) is 0 Å². The van der Waals surface area contributed by atoms with Gasteiger partial charge in [-0.1, -0.05) is 29.8 Å². The number of nitrogens with two attached hydrogens (primary N) is 2. The quantitative estimate of drug-likeness (QED) is 0.315. The molecule has 0 saturated carbocycles. The fourth-order valence-corrected chi connectivity index (χ4v) is 1.20. The maximum absolute atomic E-state index is 5.48. The van der Waals surface area contributed by atoms with E-state index in [0.29, 0.717) is 5.84 Å². The average Bonchev–Trinajstić information content (AvgIpc) is 2.14. The van der Waals surface area contributed by atoms with Gasteiger partial charge in [-0.05, 0) is 18.9 Å². The van der Waals surface area contributed by atoms with E-state index in [1.165, 1.54) is 11.1 Å². The van der Waals surface area contributed by atoms with Crippen LogP contribution >= 0.6 is 0 Å². The van der Waals surface area contributed by atoms with Gasteiger partial charge >= 0.3 is 0 Å². The molecule has 0 saturated heterocycles. The van der Waals surface area contributed by atoms with E-state index in [-0.39, 0.29) is 0 Å². The summed E-state index contributed by atoms with van der Waals surface area (Å²) in [5, 5.41) is 3.42. The zero-order chi connectivity index (χ0) is 9.68. The second-order valence-corrected chi connectivity index (χ2v) is 3.11. The number of hydrogen-bond donors (Lipinski definition) is 2. The molecular formula is C10H15N3. The Labute approximate surface area is 78.4 Å². The SMILES string of the molecule is Cc1cccc(CC/C(N)=N/N)c1. The summed E-state index contributed by atoms with van der Waals surface area (Å²) >= 11 is 0. The molecule has 0 amide bonds. The normalized spacial score (nSPS) is 11.6. The molecule has 0 bridgehead atoms. The van der Waals surface area contributed by atoms with Crippen molar-refractivity contribution in [2.24, 2.45) is 16.7 Å². The summed E-state index contributed by atoms with van der Waals surface area (Å²) < 4.78 is 0. The van der Waals surface area contributed by atoms with Crippen LogP contribution in [0.3, 0.4) is 0 Å². The van der Waals surface area contributed by atoms with Crippen LogP contribution in [-0.4, -0.2) is 5.84 Å². The second-order valence-electron chi connectivity index (χ2n) is 3.11. The van der Waals surface area contributed by atoms with Gasteiger partial charge in [-0.2, -0.15) is 5.10 Å². The zero-order valence-corrected chi connectivity index (χ0v) is 7.83. The fraction of sp³-hybridized carbons (Fsp3) is 0.300. The Morgan fingerprint density at radius 1 is 1.46 bits per heavy atom. The van der Waals surface area contributed by atoms with E-state index >= 15 is 0 Å². The van der Waals surface area contributed by atoms with Gasteiger partial charge in [-0.25, -0.2) is 0 Å². The molecule has 0 spiro atoms. The van der Waals surface area contributed by atoms with Gasteiger partial charge in [0.2, 0.25) is 0 Å². The number of rotatable bonds is 3. The molecule has 0 radical (unpaired) electrons. The maximum atomic E-state index is 5.48. The van der Waals surface area contributed by atoms with Gasteiger partial charge in [0.1, 0.15) is 5.84 Å². The lowest BCUT2D eigenvalue weighted by Gasteiger charge is -2.01. The molecule has 0 atom stereocenters. The van der Waals surface area contributed by atoms with Crippen molar-refractivity contribution in [3.8, 4) is 0 Å². The number of aryl methyl sites for hydroxylation is 2. The molecule has 0 aliphatic rings. The predicted molar refractivity (Wildman–Crippen MR) is 55.3 cm³/mol. The van der Waals surface area contributed by atoms with Crippen molar-refractivity contribution in [1.29, 1.82) is 0 Å². The lowest BCUT2D eigenvalue weighted by Crippen LogP contribution is -2.14. The molecule has 13 heavy (non-hydrogen) atoms. The minimum absolute atomic E-state index is 0.501. The third-order valence-corrected chi connectivity index (χ3v) is 1.92. The molecule has 0 unspecified atom stereocenters. The monoisotopic (exact) mass is 177 g/mol. The summed E-state index contributed by atoms with van der Waals surface area (Å²) in [5.74, 6) is 5.53. The maximum Gasteiger partial charge on any atom is 0.119 e. The Bertz CT molecular complexity index is 305. The highest BCUT2D eigenvalue weighted by molar-refractivity contribution is 5.80. The highest BCUT2D eigenvalue weighted by atomic mass is 15.1. The van der Waals surface area contributed by atoms with Gasteiger partial charge < -0.3 is 11.6 Å². The van der Waals surface area contributed by atoms with Crippen LogP contribution in [0.5, 0.6) is 0 Å². The van der Waals surface area contributed by atoms with Crippen molar-refractivity contribution in [2.45, 2.75) is 19.8 Å². The van der Waals surface area contributed by atoms with E-state index in [1.807, 2.05) is 6.07 Å². The van der Waals surface area contributed by atoms with Gasteiger partial charge in [0.25, 0.3) is 0 Å². The highest BCUT2D eigenvalue weighted by Gasteiger charge is 1.95. The first-order valence-corrected chi connectivity index (χ1v) is 4.30. The zero-order valence-electron chi connectivity index (χ0n) is 7.83. The van der Waals surface area contributed by atoms with Crippen LogP contribution in [0.2, 0.25) is 0 Å². The van der Waals surface area contributed by atoms with Gasteiger partial charge in [0.15, 0.2) is 0 Å².